The summed E-state index contributed by atoms with van der Waals surface area (Å²) >= 11 is 0. The fourth-order valence-corrected chi connectivity index (χ4v) is 3.76. The number of imidazole rings is 1. The Kier molecular flexibility index (Phi) is 4.87. The topological polar surface area (TPSA) is 147 Å². The van der Waals surface area contributed by atoms with Gasteiger partial charge in [-0.1, -0.05) is 0 Å². The third-order valence-electron chi connectivity index (χ3n) is 5.18. The molecule has 9 nitrogen and oxygen atoms in total. The fraction of sp³-hybridized carbons (Fsp3) is 0.0833. The van der Waals surface area contributed by atoms with E-state index in [-0.39, 0.29) is 24.2 Å². The Morgan fingerprint density at radius 2 is 1.82 bits per heavy atom. The second-order valence-electron chi connectivity index (χ2n) is 7.13. The molecule has 0 radical (unpaired) electrons. The highest BCUT2D eigenvalue weighted by atomic mass is 16.5. The number of aromatic amines is 1. The molecule has 3 aromatic heterocycles. The molecular weight excluding hydrogens is 416 g/mol. The smallest absolute Gasteiger partial charge is 0.141 e. The number of aromatic nitrogens is 4. The SMILES string of the molecule is N#CCCOc1cc(C#N)c(-c2nc3c([nH]2)-c2ccncc2Nc2ncccc2-3)c(C#N)c1. The van der Waals surface area contributed by atoms with Gasteiger partial charge in [-0.05, 0) is 30.3 Å². The summed E-state index contributed by atoms with van der Waals surface area (Å²) in [5, 5.41) is 31.7. The number of hydrogen-bond acceptors (Lipinski definition) is 8. The van der Waals surface area contributed by atoms with Crippen LogP contribution in [0.5, 0.6) is 5.75 Å². The molecule has 5 rings (SSSR count). The Morgan fingerprint density at radius 3 is 2.58 bits per heavy atom. The van der Waals surface area contributed by atoms with Crippen LogP contribution in [-0.2, 0) is 0 Å². The van der Waals surface area contributed by atoms with E-state index in [9.17, 15) is 10.5 Å². The molecule has 156 valence electrons. The summed E-state index contributed by atoms with van der Waals surface area (Å²) in [6, 6.07) is 15.0. The molecule has 9 heteroatoms. The first-order chi connectivity index (χ1) is 16.2. The van der Waals surface area contributed by atoms with E-state index >= 15 is 0 Å². The minimum Gasteiger partial charge on any atom is -0.492 e. The summed E-state index contributed by atoms with van der Waals surface area (Å²) in [4.78, 5) is 16.8. The highest BCUT2D eigenvalue weighted by molar-refractivity contribution is 5.95. The van der Waals surface area contributed by atoms with Crippen LogP contribution in [0.2, 0.25) is 0 Å². The highest BCUT2D eigenvalue weighted by Gasteiger charge is 2.26. The molecule has 33 heavy (non-hydrogen) atoms. The molecule has 0 fully saturated rings. The molecule has 0 spiro atoms. The number of hydrogen-bond donors (Lipinski definition) is 2. The number of nitriles is 3. The lowest BCUT2D eigenvalue weighted by atomic mass is 10.0. The van der Waals surface area contributed by atoms with Gasteiger partial charge < -0.3 is 15.0 Å². The first-order valence-electron chi connectivity index (χ1n) is 9.98. The van der Waals surface area contributed by atoms with Crippen molar-refractivity contribution in [3.8, 4) is 57.9 Å². The number of H-pyrrole nitrogens is 1. The normalized spacial score (nSPS) is 10.8. The largest absolute Gasteiger partial charge is 0.492 e. The van der Waals surface area contributed by atoms with Gasteiger partial charge in [0, 0.05) is 23.5 Å². The first kappa shape index (κ1) is 19.7. The van der Waals surface area contributed by atoms with Gasteiger partial charge >= 0.3 is 0 Å². The van der Waals surface area contributed by atoms with Crippen LogP contribution in [0.3, 0.4) is 0 Å². The number of pyridine rings is 2. The van der Waals surface area contributed by atoms with Crippen molar-refractivity contribution in [2.75, 3.05) is 11.9 Å². The molecule has 0 aliphatic carbocycles. The van der Waals surface area contributed by atoms with Gasteiger partial charge in [0.25, 0.3) is 0 Å². The minimum atomic E-state index is 0.169. The van der Waals surface area contributed by atoms with Crippen LogP contribution in [0.15, 0.2) is 48.9 Å². The molecule has 0 saturated carbocycles. The van der Waals surface area contributed by atoms with Crippen molar-refractivity contribution in [3.63, 3.8) is 0 Å². The van der Waals surface area contributed by atoms with E-state index < -0.39 is 0 Å². The standard InChI is InChI=1S/C24H14N8O/c25-5-2-8-33-16-9-14(11-26)20(15(10-16)12-27)24-31-21-17-4-7-28-13-19(17)30-23-18(22(21)32-24)3-1-6-29-23/h1,3-4,6-7,9-10,13H,2,8H2,(H,29,30)(H,31,32). The van der Waals surface area contributed by atoms with Gasteiger partial charge in [-0.2, -0.15) is 15.8 Å². The van der Waals surface area contributed by atoms with Gasteiger partial charge in [-0.15, -0.1) is 0 Å². The predicted octanol–water partition coefficient (Wildman–Crippen LogP) is 4.29. The molecule has 4 aromatic rings. The van der Waals surface area contributed by atoms with Crippen molar-refractivity contribution in [2.45, 2.75) is 6.42 Å². The molecule has 1 aromatic carbocycles. The Morgan fingerprint density at radius 1 is 1.00 bits per heavy atom. The Balaban J connectivity index is 1.71. The van der Waals surface area contributed by atoms with Crippen molar-refractivity contribution in [1.82, 2.24) is 19.9 Å². The Hall–Kier alpha value is -5.20. The summed E-state index contributed by atoms with van der Waals surface area (Å²) in [6.45, 7) is 0.169. The van der Waals surface area contributed by atoms with Crippen LogP contribution < -0.4 is 10.1 Å². The van der Waals surface area contributed by atoms with Gasteiger partial charge in [0.1, 0.15) is 41.8 Å². The summed E-state index contributed by atoms with van der Waals surface area (Å²) in [7, 11) is 0. The van der Waals surface area contributed by atoms with E-state index in [0.29, 0.717) is 28.6 Å². The summed E-state index contributed by atoms with van der Waals surface area (Å²) in [5.74, 6) is 1.37. The van der Waals surface area contributed by atoms with Crippen molar-refractivity contribution in [2.24, 2.45) is 0 Å². The number of ether oxygens (including phenoxy) is 1. The number of nitrogens with zero attached hydrogens (tertiary/aromatic N) is 6. The van der Waals surface area contributed by atoms with Crippen LogP contribution in [0, 0.1) is 34.0 Å². The summed E-state index contributed by atoms with van der Waals surface area (Å²) in [5.41, 5.74) is 4.61. The zero-order chi connectivity index (χ0) is 22.8. The third-order valence-corrected chi connectivity index (χ3v) is 5.18. The van der Waals surface area contributed by atoms with E-state index in [1.807, 2.05) is 24.3 Å². The van der Waals surface area contributed by atoms with Crippen molar-refractivity contribution in [3.05, 3.63) is 60.0 Å². The van der Waals surface area contributed by atoms with Crippen molar-refractivity contribution < 1.29 is 4.74 Å². The van der Waals surface area contributed by atoms with Crippen LogP contribution >= 0.6 is 0 Å². The molecule has 0 atom stereocenters. The van der Waals surface area contributed by atoms with Gasteiger partial charge in [0.15, 0.2) is 0 Å². The number of nitrogens with one attached hydrogen (secondary N) is 2. The van der Waals surface area contributed by atoms with Crippen LogP contribution in [0.25, 0.3) is 33.9 Å². The molecule has 0 amide bonds. The second kappa shape index (κ2) is 8.14. The average Bonchev–Trinajstić information content (AvgIpc) is 3.23. The number of anilines is 2. The maximum Gasteiger partial charge on any atom is 0.141 e. The van der Waals surface area contributed by atoms with Crippen molar-refractivity contribution in [1.29, 1.82) is 15.8 Å². The van der Waals surface area contributed by atoms with E-state index in [1.165, 1.54) is 0 Å². The molecule has 0 unspecified atom stereocenters. The highest BCUT2D eigenvalue weighted by Crippen LogP contribution is 2.43. The molecule has 4 heterocycles. The lowest BCUT2D eigenvalue weighted by Crippen LogP contribution is -1.99. The van der Waals surface area contributed by atoms with Gasteiger partial charge in [-0.3, -0.25) is 4.98 Å². The van der Waals surface area contributed by atoms with Crippen LogP contribution in [-0.4, -0.2) is 26.5 Å². The van der Waals surface area contributed by atoms with Crippen LogP contribution in [0.1, 0.15) is 17.5 Å². The molecule has 2 N–H and O–H groups in total. The first-order valence-corrected chi connectivity index (χ1v) is 9.98. The van der Waals surface area contributed by atoms with E-state index in [2.05, 4.69) is 32.4 Å². The van der Waals surface area contributed by atoms with Gasteiger partial charge in [0.2, 0.25) is 0 Å². The Labute approximate surface area is 188 Å². The van der Waals surface area contributed by atoms with Crippen LogP contribution in [0.4, 0.5) is 11.5 Å². The number of fused-ring (bicyclic) bond motifs is 5. The maximum atomic E-state index is 9.82. The van der Waals surface area contributed by atoms with Gasteiger partial charge in [0.05, 0.1) is 46.8 Å². The van der Waals surface area contributed by atoms with Gasteiger partial charge in [-0.25, -0.2) is 9.97 Å². The average molecular weight is 430 g/mol. The molecule has 0 saturated heterocycles. The molecular formula is C24H14N8O. The summed E-state index contributed by atoms with van der Waals surface area (Å²) < 4.78 is 5.53. The lowest BCUT2D eigenvalue weighted by Gasteiger charge is -2.10. The zero-order valence-electron chi connectivity index (χ0n) is 17.1. The molecule has 0 bridgehead atoms. The second-order valence-corrected chi connectivity index (χ2v) is 7.13. The molecule has 1 aliphatic rings. The Bertz CT molecular complexity index is 1420. The van der Waals surface area contributed by atoms with E-state index in [0.717, 1.165) is 22.5 Å². The van der Waals surface area contributed by atoms with E-state index in [4.69, 9.17) is 15.0 Å². The quantitative estimate of drug-likeness (QED) is 0.401. The number of benzene rings is 1. The predicted molar refractivity (Wildman–Crippen MR) is 119 cm³/mol. The summed E-state index contributed by atoms with van der Waals surface area (Å²) in [6.07, 6.45) is 5.28. The maximum absolute atomic E-state index is 9.82. The minimum absolute atomic E-state index is 0.169. The fourth-order valence-electron chi connectivity index (χ4n) is 3.76. The third kappa shape index (κ3) is 3.38. The number of rotatable bonds is 4. The zero-order valence-corrected chi connectivity index (χ0v) is 17.1. The molecule has 1 aliphatic heterocycles. The van der Waals surface area contributed by atoms with Crippen molar-refractivity contribution >= 4 is 11.5 Å². The monoisotopic (exact) mass is 430 g/mol. The lowest BCUT2D eigenvalue weighted by molar-refractivity contribution is 0.326. The van der Waals surface area contributed by atoms with E-state index in [1.54, 1.807) is 30.7 Å².